The predicted octanol–water partition coefficient (Wildman–Crippen LogP) is 3.14. The Morgan fingerprint density at radius 1 is 1.28 bits per heavy atom. The lowest BCUT2D eigenvalue weighted by Crippen LogP contribution is -2.33. The van der Waals surface area contributed by atoms with Crippen molar-refractivity contribution in [3.05, 3.63) is 36.0 Å². The van der Waals surface area contributed by atoms with Crippen LogP contribution in [0.3, 0.4) is 0 Å². The van der Waals surface area contributed by atoms with Crippen LogP contribution in [0.5, 0.6) is 5.75 Å². The van der Waals surface area contributed by atoms with Crippen LogP contribution >= 0.6 is 0 Å². The van der Waals surface area contributed by atoms with Crippen molar-refractivity contribution in [1.82, 2.24) is 9.97 Å². The SMILES string of the molecule is CCCc1cc(N2CCC[C@H]2CO)nc(Nc2ccc(OC)cc2)n1. The van der Waals surface area contributed by atoms with Crippen molar-refractivity contribution in [2.24, 2.45) is 0 Å². The summed E-state index contributed by atoms with van der Waals surface area (Å²) in [6, 6.07) is 9.90. The highest BCUT2D eigenvalue weighted by molar-refractivity contribution is 5.57. The summed E-state index contributed by atoms with van der Waals surface area (Å²) in [6.45, 7) is 3.23. The molecule has 1 saturated heterocycles. The molecule has 0 amide bonds. The average molecular weight is 342 g/mol. The summed E-state index contributed by atoms with van der Waals surface area (Å²) in [7, 11) is 1.65. The van der Waals surface area contributed by atoms with E-state index in [4.69, 9.17) is 9.72 Å². The second kappa shape index (κ2) is 8.16. The monoisotopic (exact) mass is 342 g/mol. The number of benzene rings is 1. The number of hydrogen-bond acceptors (Lipinski definition) is 6. The minimum Gasteiger partial charge on any atom is -0.497 e. The summed E-state index contributed by atoms with van der Waals surface area (Å²) in [5, 5.41) is 12.9. The Balaban J connectivity index is 1.86. The third-order valence-corrected chi connectivity index (χ3v) is 4.50. The molecule has 0 unspecified atom stereocenters. The normalized spacial score (nSPS) is 16.9. The van der Waals surface area contributed by atoms with E-state index in [9.17, 15) is 5.11 Å². The van der Waals surface area contributed by atoms with Crippen molar-refractivity contribution in [3.8, 4) is 5.75 Å². The van der Waals surface area contributed by atoms with Gasteiger partial charge in [-0.25, -0.2) is 4.98 Å². The van der Waals surface area contributed by atoms with Crippen LogP contribution in [0.2, 0.25) is 0 Å². The Hall–Kier alpha value is -2.34. The molecule has 1 aromatic carbocycles. The molecule has 6 heteroatoms. The van der Waals surface area contributed by atoms with E-state index in [0.717, 1.165) is 55.2 Å². The lowest BCUT2D eigenvalue weighted by atomic mass is 10.2. The molecular weight excluding hydrogens is 316 g/mol. The number of hydrogen-bond donors (Lipinski definition) is 2. The summed E-state index contributed by atoms with van der Waals surface area (Å²) in [5.74, 6) is 2.30. The van der Waals surface area contributed by atoms with Crippen LogP contribution < -0.4 is 15.0 Å². The van der Waals surface area contributed by atoms with E-state index in [2.05, 4.69) is 28.2 Å². The number of aromatic nitrogens is 2. The van der Waals surface area contributed by atoms with E-state index < -0.39 is 0 Å². The molecule has 1 aliphatic rings. The van der Waals surface area contributed by atoms with Crippen molar-refractivity contribution >= 4 is 17.5 Å². The van der Waals surface area contributed by atoms with Gasteiger partial charge >= 0.3 is 0 Å². The summed E-state index contributed by atoms with van der Waals surface area (Å²) < 4.78 is 5.19. The van der Waals surface area contributed by atoms with E-state index >= 15 is 0 Å². The van der Waals surface area contributed by atoms with Crippen molar-refractivity contribution in [3.63, 3.8) is 0 Å². The molecule has 1 fully saturated rings. The fourth-order valence-electron chi connectivity index (χ4n) is 3.20. The highest BCUT2D eigenvalue weighted by Crippen LogP contribution is 2.26. The molecular formula is C19H26N4O2. The Morgan fingerprint density at radius 2 is 2.08 bits per heavy atom. The maximum Gasteiger partial charge on any atom is 0.229 e. The van der Waals surface area contributed by atoms with Gasteiger partial charge in [-0.05, 0) is 43.5 Å². The third-order valence-electron chi connectivity index (χ3n) is 4.50. The zero-order valence-electron chi connectivity index (χ0n) is 14.9. The van der Waals surface area contributed by atoms with Gasteiger partial charge in [0.2, 0.25) is 5.95 Å². The quantitative estimate of drug-likeness (QED) is 0.805. The highest BCUT2D eigenvalue weighted by atomic mass is 16.5. The first-order chi connectivity index (χ1) is 12.2. The number of aliphatic hydroxyl groups is 1. The molecule has 0 bridgehead atoms. The number of aryl methyl sites for hydroxylation is 1. The van der Waals surface area contributed by atoms with Crippen molar-refractivity contribution in [2.75, 3.05) is 30.5 Å². The number of methoxy groups -OCH3 is 1. The second-order valence-corrected chi connectivity index (χ2v) is 6.32. The van der Waals surface area contributed by atoms with Gasteiger partial charge in [0.05, 0.1) is 19.8 Å². The van der Waals surface area contributed by atoms with E-state index in [1.165, 1.54) is 0 Å². The van der Waals surface area contributed by atoms with Crippen LogP contribution in [-0.2, 0) is 6.42 Å². The molecule has 2 aromatic rings. The van der Waals surface area contributed by atoms with Crippen LogP contribution in [0, 0.1) is 0 Å². The molecule has 2 N–H and O–H groups in total. The van der Waals surface area contributed by atoms with Crippen LogP contribution in [0.1, 0.15) is 31.9 Å². The maximum absolute atomic E-state index is 9.61. The first-order valence-electron chi connectivity index (χ1n) is 8.90. The summed E-state index contributed by atoms with van der Waals surface area (Å²) in [5.41, 5.74) is 1.94. The minimum absolute atomic E-state index is 0.151. The molecule has 6 nitrogen and oxygen atoms in total. The van der Waals surface area contributed by atoms with Crippen LogP contribution in [0.4, 0.5) is 17.5 Å². The molecule has 0 aliphatic carbocycles. The van der Waals surface area contributed by atoms with E-state index in [1.807, 2.05) is 24.3 Å². The molecule has 134 valence electrons. The van der Waals surface area contributed by atoms with Crippen LogP contribution in [-0.4, -0.2) is 41.4 Å². The predicted molar refractivity (Wildman–Crippen MR) is 99.8 cm³/mol. The fraction of sp³-hybridized carbons (Fsp3) is 0.474. The largest absolute Gasteiger partial charge is 0.497 e. The zero-order chi connectivity index (χ0) is 17.6. The standard InChI is InChI=1S/C19H26N4O2/c1-3-5-15-12-18(23-11-4-6-16(23)13-24)22-19(21-15)20-14-7-9-17(25-2)10-8-14/h7-10,12,16,24H,3-6,11,13H2,1-2H3,(H,20,21,22)/t16-/m0/s1. The van der Waals surface area contributed by atoms with Crippen molar-refractivity contribution < 1.29 is 9.84 Å². The number of nitrogens with zero attached hydrogens (tertiary/aromatic N) is 3. The molecule has 0 saturated carbocycles. The summed E-state index contributed by atoms with van der Waals surface area (Å²) in [6.07, 6.45) is 4.02. The molecule has 25 heavy (non-hydrogen) atoms. The first kappa shape index (κ1) is 17.5. The average Bonchev–Trinajstić information content (AvgIpc) is 3.11. The minimum atomic E-state index is 0.151. The molecule has 0 radical (unpaired) electrons. The van der Waals surface area contributed by atoms with Gasteiger partial charge in [-0.3, -0.25) is 0 Å². The Morgan fingerprint density at radius 3 is 2.76 bits per heavy atom. The first-order valence-corrected chi connectivity index (χ1v) is 8.90. The van der Waals surface area contributed by atoms with Crippen LogP contribution in [0.15, 0.2) is 30.3 Å². The maximum atomic E-state index is 9.61. The summed E-state index contributed by atoms with van der Waals surface area (Å²) >= 11 is 0. The van der Waals surface area contributed by atoms with E-state index in [0.29, 0.717) is 5.95 Å². The van der Waals surface area contributed by atoms with Crippen molar-refractivity contribution in [1.29, 1.82) is 0 Å². The number of nitrogens with one attached hydrogen (secondary N) is 1. The Kier molecular flexibility index (Phi) is 5.71. The van der Waals surface area contributed by atoms with Gasteiger partial charge < -0.3 is 20.1 Å². The fourth-order valence-corrected chi connectivity index (χ4v) is 3.20. The van der Waals surface area contributed by atoms with E-state index in [-0.39, 0.29) is 12.6 Å². The van der Waals surface area contributed by atoms with Gasteiger partial charge in [-0.1, -0.05) is 13.3 Å². The molecule has 0 spiro atoms. The second-order valence-electron chi connectivity index (χ2n) is 6.32. The molecule has 3 rings (SSSR count). The molecule has 1 atom stereocenters. The van der Waals surface area contributed by atoms with Gasteiger partial charge in [-0.15, -0.1) is 0 Å². The number of anilines is 3. The van der Waals surface area contributed by atoms with Gasteiger partial charge in [-0.2, -0.15) is 4.98 Å². The number of ether oxygens (including phenoxy) is 1. The van der Waals surface area contributed by atoms with Crippen molar-refractivity contribution in [2.45, 2.75) is 38.6 Å². The zero-order valence-corrected chi connectivity index (χ0v) is 14.9. The lowest BCUT2D eigenvalue weighted by Gasteiger charge is -2.25. The van der Waals surface area contributed by atoms with Gasteiger partial charge in [0.25, 0.3) is 0 Å². The van der Waals surface area contributed by atoms with Gasteiger partial charge in [0.15, 0.2) is 0 Å². The molecule has 1 aromatic heterocycles. The van der Waals surface area contributed by atoms with Gasteiger partial charge in [0.1, 0.15) is 11.6 Å². The molecule has 1 aliphatic heterocycles. The smallest absolute Gasteiger partial charge is 0.229 e. The highest BCUT2D eigenvalue weighted by Gasteiger charge is 2.25. The number of rotatable bonds is 7. The topological polar surface area (TPSA) is 70.5 Å². The molecule has 2 heterocycles. The summed E-state index contributed by atoms with van der Waals surface area (Å²) in [4.78, 5) is 11.5. The Labute approximate surface area is 148 Å². The lowest BCUT2D eigenvalue weighted by molar-refractivity contribution is 0.266. The van der Waals surface area contributed by atoms with E-state index in [1.54, 1.807) is 7.11 Å². The van der Waals surface area contributed by atoms with Gasteiger partial charge in [0, 0.05) is 24.0 Å². The van der Waals surface area contributed by atoms with Crippen LogP contribution in [0.25, 0.3) is 0 Å². The third kappa shape index (κ3) is 4.20. The Bertz CT molecular complexity index is 690. The number of aliphatic hydroxyl groups excluding tert-OH is 1.